The molecule has 1 fully saturated rings. The van der Waals surface area contributed by atoms with Gasteiger partial charge in [-0.1, -0.05) is 5.21 Å². The predicted octanol–water partition coefficient (Wildman–Crippen LogP) is 2.71. The van der Waals surface area contributed by atoms with Crippen molar-refractivity contribution in [3.63, 3.8) is 0 Å². The maximum Gasteiger partial charge on any atom is 0.264 e. The van der Waals surface area contributed by atoms with Gasteiger partial charge in [0.15, 0.2) is 0 Å². The number of pyridine rings is 2. The number of aryl methyl sites for hydroxylation is 1. The third-order valence-electron chi connectivity index (χ3n) is 4.46. The number of aromatic nitrogens is 5. The van der Waals surface area contributed by atoms with Crippen LogP contribution in [0.1, 0.15) is 17.6 Å². The first-order valence-electron chi connectivity index (χ1n) is 9.29. The lowest BCUT2D eigenvalue weighted by atomic mass is 10.2. The first kappa shape index (κ1) is 19.3. The number of nitrogens with one attached hydrogen (secondary N) is 2. The van der Waals surface area contributed by atoms with Crippen LogP contribution in [0.25, 0.3) is 11.4 Å². The van der Waals surface area contributed by atoms with Crippen LogP contribution in [0.4, 0.5) is 20.4 Å². The van der Waals surface area contributed by atoms with E-state index in [1.54, 1.807) is 4.68 Å². The SMILES string of the molecule is Cc1cc(Nc2cc(C(F)F)ccn2)nc(-c2cn(CC3CNCCO3)nn2)c1. The molecule has 0 spiro atoms. The number of rotatable bonds is 6. The Morgan fingerprint density at radius 1 is 1.28 bits per heavy atom. The first-order valence-corrected chi connectivity index (χ1v) is 9.29. The highest BCUT2D eigenvalue weighted by atomic mass is 19.3. The number of nitrogens with zero attached hydrogens (tertiary/aromatic N) is 5. The third-order valence-corrected chi connectivity index (χ3v) is 4.46. The van der Waals surface area contributed by atoms with Crippen molar-refractivity contribution in [2.75, 3.05) is 25.0 Å². The maximum absolute atomic E-state index is 12.9. The van der Waals surface area contributed by atoms with Gasteiger partial charge in [0.25, 0.3) is 6.43 Å². The Morgan fingerprint density at radius 2 is 2.17 bits per heavy atom. The zero-order valence-electron chi connectivity index (χ0n) is 15.8. The van der Waals surface area contributed by atoms with E-state index in [1.165, 1.54) is 18.3 Å². The molecule has 29 heavy (non-hydrogen) atoms. The fourth-order valence-corrected chi connectivity index (χ4v) is 3.10. The van der Waals surface area contributed by atoms with Gasteiger partial charge in [0, 0.05) is 24.8 Å². The van der Waals surface area contributed by atoms with Crippen molar-refractivity contribution in [1.29, 1.82) is 0 Å². The number of hydrogen-bond acceptors (Lipinski definition) is 7. The minimum absolute atomic E-state index is 0.0502. The lowest BCUT2D eigenvalue weighted by molar-refractivity contribution is 0.0158. The van der Waals surface area contributed by atoms with E-state index in [0.717, 1.165) is 18.7 Å². The van der Waals surface area contributed by atoms with E-state index in [2.05, 4.69) is 30.9 Å². The Kier molecular flexibility index (Phi) is 5.72. The van der Waals surface area contributed by atoms with Crippen LogP contribution in [0.3, 0.4) is 0 Å². The molecule has 1 saturated heterocycles. The van der Waals surface area contributed by atoms with Crippen LogP contribution in [0.2, 0.25) is 0 Å². The molecular formula is C19H21F2N7O. The number of morpholine rings is 1. The van der Waals surface area contributed by atoms with Gasteiger partial charge in [-0.3, -0.25) is 0 Å². The second kappa shape index (κ2) is 8.58. The van der Waals surface area contributed by atoms with Crippen molar-refractivity contribution in [1.82, 2.24) is 30.3 Å². The molecule has 1 aliphatic rings. The van der Waals surface area contributed by atoms with Crippen LogP contribution in [-0.2, 0) is 11.3 Å². The van der Waals surface area contributed by atoms with Gasteiger partial charge in [0.1, 0.15) is 17.3 Å². The van der Waals surface area contributed by atoms with Crippen LogP contribution >= 0.6 is 0 Å². The van der Waals surface area contributed by atoms with Gasteiger partial charge < -0.3 is 15.4 Å². The molecule has 2 N–H and O–H groups in total. The minimum Gasteiger partial charge on any atom is -0.374 e. The monoisotopic (exact) mass is 401 g/mol. The molecule has 1 unspecified atom stereocenters. The highest BCUT2D eigenvalue weighted by Crippen LogP contribution is 2.24. The molecule has 8 nitrogen and oxygen atoms in total. The van der Waals surface area contributed by atoms with E-state index >= 15 is 0 Å². The molecule has 0 saturated carbocycles. The summed E-state index contributed by atoms with van der Waals surface area (Å²) in [6, 6.07) is 6.30. The highest BCUT2D eigenvalue weighted by molar-refractivity contribution is 5.61. The van der Waals surface area contributed by atoms with Crippen molar-refractivity contribution >= 4 is 11.6 Å². The summed E-state index contributed by atoms with van der Waals surface area (Å²) < 4.78 is 33.2. The average Bonchev–Trinajstić information content (AvgIpc) is 3.17. The number of anilines is 2. The van der Waals surface area contributed by atoms with Gasteiger partial charge in [-0.15, -0.1) is 5.10 Å². The highest BCUT2D eigenvalue weighted by Gasteiger charge is 2.16. The molecule has 1 atom stereocenters. The number of hydrogen-bond donors (Lipinski definition) is 2. The molecule has 0 bridgehead atoms. The Bertz CT molecular complexity index is 973. The van der Waals surface area contributed by atoms with Crippen LogP contribution in [-0.4, -0.2) is 50.8 Å². The standard InChI is InChI=1S/C19H21F2N7O/c1-12-6-15(16-11-28(27-26-16)10-14-9-22-4-5-29-14)24-18(7-12)25-17-8-13(19(20)21)2-3-23-17/h2-3,6-8,11,14,19,22H,4-5,9-10H2,1H3,(H,23,24,25). The molecule has 4 heterocycles. The molecule has 0 amide bonds. The topological polar surface area (TPSA) is 89.8 Å². The zero-order valence-corrected chi connectivity index (χ0v) is 15.8. The van der Waals surface area contributed by atoms with Crippen molar-refractivity contribution in [3.05, 3.63) is 47.8 Å². The Morgan fingerprint density at radius 3 is 2.97 bits per heavy atom. The Balaban J connectivity index is 1.52. The summed E-state index contributed by atoms with van der Waals surface area (Å²) in [5.41, 5.74) is 2.09. The third kappa shape index (κ3) is 4.90. The lowest BCUT2D eigenvalue weighted by Crippen LogP contribution is -2.40. The fraction of sp³-hybridized carbons (Fsp3) is 0.368. The largest absolute Gasteiger partial charge is 0.374 e. The van der Waals surface area contributed by atoms with Crippen molar-refractivity contribution in [2.45, 2.75) is 26.0 Å². The van der Waals surface area contributed by atoms with Crippen LogP contribution < -0.4 is 10.6 Å². The molecule has 1 aliphatic heterocycles. The van der Waals surface area contributed by atoms with Crippen molar-refractivity contribution < 1.29 is 13.5 Å². The Labute approximate surface area is 166 Å². The molecule has 152 valence electrons. The van der Waals surface area contributed by atoms with Gasteiger partial charge in [-0.25, -0.2) is 23.4 Å². The maximum atomic E-state index is 12.9. The van der Waals surface area contributed by atoms with Gasteiger partial charge in [0.05, 0.1) is 31.1 Å². The predicted molar refractivity (Wildman–Crippen MR) is 103 cm³/mol. The van der Waals surface area contributed by atoms with Crippen LogP contribution in [0.15, 0.2) is 36.7 Å². The summed E-state index contributed by atoms with van der Waals surface area (Å²) in [5.74, 6) is 0.797. The van der Waals surface area contributed by atoms with E-state index in [4.69, 9.17) is 4.74 Å². The first-order chi connectivity index (χ1) is 14.1. The smallest absolute Gasteiger partial charge is 0.264 e. The molecule has 4 rings (SSSR count). The quantitative estimate of drug-likeness (QED) is 0.656. The van der Waals surface area contributed by atoms with E-state index in [1.807, 2.05) is 25.3 Å². The summed E-state index contributed by atoms with van der Waals surface area (Å²) in [6.45, 7) is 4.84. The van der Waals surface area contributed by atoms with Gasteiger partial charge in [0.2, 0.25) is 0 Å². The fourth-order valence-electron chi connectivity index (χ4n) is 3.10. The number of ether oxygens (including phenoxy) is 1. The molecule has 10 heteroatoms. The van der Waals surface area contributed by atoms with Crippen molar-refractivity contribution in [2.24, 2.45) is 0 Å². The molecule has 0 aliphatic carbocycles. The summed E-state index contributed by atoms with van der Waals surface area (Å²) in [6.07, 6.45) is 0.653. The van der Waals surface area contributed by atoms with E-state index in [9.17, 15) is 8.78 Å². The summed E-state index contributed by atoms with van der Waals surface area (Å²) >= 11 is 0. The Hall–Kier alpha value is -2.98. The van der Waals surface area contributed by atoms with Crippen LogP contribution in [0, 0.1) is 6.92 Å². The van der Waals surface area contributed by atoms with E-state index in [-0.39, 0.29) is 11.7 Å². The number of alkyl halides is 2. The summed E-state index contributed by atoms with van der Waals surface area (Å²) in [5, 5.41) is 14.6. The van der Waals surface area contributed by atoms with Gasteiger partial charge in [-0.2, -0.15) is 0 Å². The molecule has 3 aromatic heterocycles. The van der Waals surface area contributed by atoms with Gasteiger partial charge >= 0.3 is 0 Å². The molecular weight excluding hydrogens is 380 g/mol. The second-order valence-electron chi connectivity index (χ2n) is 6.84. The lowest BCUT2D eigenvalue weighted by Gasteiger charge is -2.23. The zero-order chi connectivity index (χ0) is 20.2. The van der Waals surface area contributed by atoms with Crippen LogP contribution in [0.5, 0.6) is 0 Å². The number of halogens is 2. The van der Waals surface area contributed by atoms with E-state index in [0.29, 0.717) is 36.2 Å². The summed E-state index contributed by atoms with van der Waals surface area (Å²) in [4.78, 5) is 8.62. The minimum atomic E-state index is -2.56. The second-order valence-corrected chi connectivity index (χ2v) is 6.84. The summed E-state index contributed by atoms with van der Waals surface area (Å²) in [7, 11) is 0. The normalized spacial score (nSPS) is 16.9. The van der Waals surface area contributed by atoms with Crippen molar-refractivity contribution in [3.8, 4) is 11.4 Å². The van der Waals surface area contributed by atoms with Gasteiger partial charge in [-0.05, 0) is 36.8 Å². The molecule has 3 aromatic rings. The average molecular weight is 401 g/mol. The van der Waals surface area contributed by atoms with E-state index < -0.39 is 6.43 Å². The molecule has 0 radical (unpaired) electrons. The molecule has 0 aromatic carbocycles.